The fraction of sp³-hybridized carbons (Fsp3) is 0.143. The van der Waals surface area contributed by atoms with Crippen LogP contribution in [0.5, 0.6) is 5.75 Å². The summed E-state index contributed by atoms with van der Waals surface area (Å²) < 4.78 is 16.0. The van der Waals surface area contributed by atoms with Crippen molar-refractivity contribution in [2.24, 2.45) is 0 Å². The van der Waals surface area contributed by atoms with Crippen LogP contribution in [0.3, 0.4) is 0 Å². The van der Waals surface area contributed by atoms with Crippen molar-refractivity contribution < 1.29 is 23.5 Å². The number of nitrogens with one attached hydrogen (secondary N) is 1. The summed E-state index contributed by atoms with van der Waals surface area (Å²) in [5.41, 5.74) is 0.952. The smallest absolute Gasteiger partial charge is 0.338 e. The van der Waals surface area contributed by atoms with Crippen LogP contribution in [0.25, 0.3) is 0 Å². The molecular formula is C21H18ClNO5. The number of furan rings is 1. The van der Waals surface area contributed by atoms with Gasteiger partial charge >= 0.3 is 5.97 Å². The summed E-state index contributed by atoms with van der Waals surface area (Å²) in [6, 6.07) is 16.6. The number of esters is 1. The van der Waals surface area contributed by atoms with Crippen LogP contribution < -0.4 is 10.1 Å². The molecule has 0 unspecified atom stereocenters. The molecule has 0 saturated carbocycles. The minimum atomic E-state index is -0.406. The molecule has 6 nitrogen and oxygen atoms in total. The van der Waals surface area contributed by atoms with E-state index < -0.39 is 11.9 Å². The van der Waals surface area contributed by atoms with E-state index >= 15 is 0 Å². The van der Waals surface area contributed by atoms with E-state index in [0.717, 1.165) is 0 Å². The van der Waals surface area contributed by atoms with Crippen LogP contribution in [-0.4, -0.2) is 18.5 Å². The quantitative estimate of drug-likeness (QED) is 0.569. The third-order valence-electron chi connectivity index (χ3n) is 3.73. The van der Waals surface area contributed by atoms with Crippen molar-refractivity contribution in [1.82, 2.24) is 0 Å². The van der Waals surface area contributed by atoms with Crippen LogP contribution in [0.1, 0.15) is 33.6 Å². The highest BCUT2D eigenvalue weighted by Gasteiger charge is 2.13. The second kappa shape index (κ2) is 9.10. The Morgan fingerprint density at radius 1 is 1.00 bits per heavy atom. The van der Waals surface area contributed by atoms with Crippen molar-refractivity contribution in [2.45, 2.75) is 13.5 Å². The summed E-state index contributed by atoms with van der Waals surface area (Å²) in [6.07, 6.45) is 0. The second-order valence-electron chi connectivity index (χ2n) is 5.76. The zero-order valence-electron chi connectivity index (χ0n) is 15.1. The maximum Gasteiger partial charge on any atom is 0.338 e. The fourth-order valence-corrected chi connectivity index (χ4v) is 2.49. The van der Waals surface area contributed by atoms with E-state index in [9.17, 15) is 9.59 Å². The minimum Gasteiger partial charge on any atom is -0.486 e. The number of benzene rings is 2. The van der Waals surface area contributed by atoms with Gasteiger partial charge in [-0.15, -0.1) is 0 Å². The van der Waals surface area contributed by atoms with Crippen molar-refractivity contribution in [1.29, 1.82) is 0 Å². The molecule has 28 heavy (non-hydrogen) atoms. The predicted octanol–water partition coefficient (Wildman–Crippen LogP) is 4.94. The highest BCUT2D eigenvalue weighted by molar-refractivity contribution is 6.30. The normalized spacial score (nSPS) is 10.4. The Labute approximate surface area is 167 Å². The molecule has 3 aromatic rings. The highest BCUT2D eigenvalue weighted by Crippen LogP contribution is 2.18. The van der Waals surface area contributed by atoms with Crippen LogP contribution in [0.4, 0.5) is 5.69 Å². The van der Waals surface area contributed by atoms with Crippen LogP contribution in [-0.2, 0) is 11.3 Å². The monoisotopic (exact) mass is 399 g/mol. The number of amides is 1. The average molecular weight is 400 g/mol. The van der Waals surface area contributed by atoms with E-state index in [1.165, 1.54) is 0 Å². The van der Waals surface area contributed by atoms with Crippen molar-refractivity contribution in [3.8, 4) is 5.75 Å². The molecule has 0 radical (unpaired) electrons. The first-order chi connectivity index (χ1) is 13.5. The molecule has 1 heterocycles. The lowest BCUT2D eigenvalue weighted by Crippen LogP contribution is -2.11. The molecule has 1 aromatic heterocycles. The Kier molecular flexibility index (Phi) is 6.34. The molecule has 1 amide bonds. The maximum atomic E-state index is 12.3. The second-order valence-corrected chi connectivity index (χ2v) is 6.20. The molecule has 0 aliphatic rings. The van der Waals surface area contributed by atoms with E-state index in [4.69, 9.17) is 25.5 Å². The Balaban J connectivity index is 1.56. The van der Waals surface area contributed by atoms with Gasteiger partial charge in [-0.1, -0.05) is 11.6 Å². The summed E-state index contributed by atoms with van der Waals surface area (Å²) in [7, 11) is 0. The largest absolute Gasteiger partial charge is 0.486 e. The lowest BCUT2D eigenvalue weighted by Gasteiger charge is -2.06. The van der Waals surface area contributed by atoms with Crippen LogP contribution >= 0.6 is 11.6 Å². The number of ether oxygens (including phenoxy) is 2. The van der Waals surface area contributed by atoms with E-state index in [1.54, 1.807) is 67.6 Å². The first-order valence-corrected chi connectivity index (χ1v) is 8.98. The van der Waals surface area contributed by atoms with E-state index in [-0.39, 0.29) is 12.4 Å². The molecule has 3 rings (SSSR count). The van der Waals surface area contributed by atoms with Crippen molar-refractivity contribution in [3.05, 3.63) is 82.8 Å². The molecule has 0 aliphatic carbocycles. The summed E-state index contributed by atoms with van der Waals surface area (Å²) >= 11 is 5.83. The Hall–Kier alpha value is -3.25. The van der Waals surface area contributed by atoms with Gasteiger partial charge in [-0.3, -0.25) is 4.79 Å². The summed E-state index contributed by atoms with van der Waals surface area (Å²) in [5, 5.41) is 3.33. The fourth-order valence-electron chi connectivity index (χ4n) is 2.36. The zero-order chi connectivity index (χ0) is 19.9. The summed E-state index contributed by atoms with van der Waals surface area (Å²) in [6.45, 7) is 2.23. The number of carbonyl (C=O) groups excluding carboxylic acids is 2. The molecule has 0 bridgehead atoms. The average Bonchev–Trinajstić information content (AvgIpc) is 3.17. The van der Waals surface area contributed by atoms with Crippen molar-refractivity contribution in [3.63, 3.8) is 0 Å². The molecule has 0 aliphatic heterocycles. The van der Waals surface area contributed by atoms with Gasteiger partial charge in [0, 0.05) is 10.7 Å². The number of halogens is 1. The Morgan fingerprint density at radius 2 is 1.71 bits per heavy atom. The highest BCUT2D eigenvalue weighted by atomic mass is 35.5. The lowest BCUT2D eigenvalue weighted by atomic mass is 10.2. The Morgan fingerprint density at radius 3 is 2.39 bits per heavy atom. The van der Waals surface area contributed by atoms with E-state index in [2.05, 4.69) is 5.32 Å². The van der Waals surface area contributed by atoms with Crippen LogP contribution in [0.15, 0.2) is 65.1 Å². The standard InChI is InChI=1S/C21H18ClNO5/c1-2-26-21(25)14-3-7-16(8-4-14)23-20(24)19-12-11-18(28-19)13-27-17-9-5-15(22)6-10-17/h3-12H,2,13H2,1H3,(H,23,24). The molecule has 0 spiro atoms. The first-order valence-electron chi connectivity index (χ1n) is 8.61. The molecule has 144 valence electrons. The molecular weight excluding hydrogens is 382 g/mol. The molecule has 2 aromatic carbocycles. The zero-order valence-corrected chi connectivity index (χ0v) is 15.9. The predicted molar refractivity (Wildman–Crippen MR) is 105 cm³/mol. The van der Waals surface area contributed by atoms with Gasteiger partial charge in [-0.25, -0.2) is 4.79 Å². The maximum absolute atomic E-state index is 12.3. The number of hydrogen-bond donors (Lipinski definition) is 1. The van der Waals surface area contributed by atoms with Crippen LogP contribution in [0, 0.1) is 0 Å². The van der Waals surface area contributed by atoms with Gasteiger partial charge in [0.1, 0.15) is 18.1 Å². The van der Waals surface area contributed by atoms with Gasteiger partial charge in [-0.2, -0.15) is 0 Å². The number of carbonyl (C=O) groups is 2. The molecule has 0 fully saturated rings. The van der Waals surface area contributed by atoms with Gasteiger partial charge in [-0.05, 0) is 67.6 Å². The van der Waals surface area contributed by atoms with Gasteiger partial charge in [0.05, 0.1) is 12.2 Å². The lowest BCUT2D eigenvalue weighted by molar-refractivity contribution is 0.0526. The SMILES string of the molecule is CCOC(=O)c1ccc(NC(=O)c2ccc(COc3ccc(Cl)cc3)o2)cc1. The van der Waals surface area contributed by atoms with E-state index in [1.807, 2.05) is 0 Å². The van der Waals surface area contributed by atoms with E-state index in [0.29, 0.717) is 34.4 Å². The summed E-state index contributed by atoms with van der Waals surface area (Å²) in [5.74, 6) is 0.508. The molecule has 0 atom stereocenters. The first kappa shape index (κ1) is 19.5. The minimum absolute atomic E-state index is 0.157. The topological polar surface area (TPSA) is 77.8 Å². The van der Waals surface area contributed by atoms with Crippen molar-refractivity contribution >= 4 is 29.2 Å². The third-order valence-corrected chi connectivity index (χ3v) is 3.99. The van der Waals surface area contributed by atoms with Crippen LogP contribution in [0.2, 0.25) is 5.02 Å². The van der Waals surface area contributed by atoms with Gasteiger partial charge < -0.3 is 19.2 Å². The van der Waals surface area contributed by atoms with Gasteiger partial charge in [0.15, 0.2) is 5.76 Å². The number of anilines is 1. The summed E-state index contributed by atoms with van der Waals surface area (Å²) in [4.78, 5) is 23.9. The number of hydrogen-bond acceptors (Lipinski definition) is 5. The third kappa shape index (κ3) is 5.14. The van der Waals surface area contributed by atoms with Gasteiger partial charge in [0.2, 0.25) is 0 Å². The molecule has 7 heteroatoms. The molecule has 0 saturated heterocycles. The Bertz CT molecular complexity index is 948. The van der Waals surface area contributed by atoms with Gasteiger partial charge in [0.25, 0.3) is 5.91 Å². The van der Waals surface area contributed by atoms with Crippen molar-refractivity contribution in [2.75, 3.05) is 11.9 Å². The number of rotatable bonds is 7. The molecule has 1 N–H and O–H groups in total.